The van der Waals surface area contributed by atoms with Crippen LogP contribution in [0.5, 0.6) is 0 Å². The van der Waals surface area contributed by atoms with Gasteiger partial charge in [-0.3, -0.25) is 14.6 Å². The van der Waals surface area contributed by atoms with Gasteiger partial charge in [-0.25, -0.2) is 4.39 Å². The number of pyridine rings is 1. The van der Waals surface area contributed by atoms with Gasteiger partial charge >= 0.3 is 0 Å². The number of nitrogens with one attached hydrogen (secondary N) is 3. The summed E-state index contributed by atoms with van der Waals surface area (Å²) in [5, 5.41) is 6.24. The lowest BCUT2D eigenvalue weighted by Crippen LogP contribution is -2.24. The smallest absolute Gasteiger partial charge is 0.268 e. The number of carbonyl (C=O) groups excluding carboxylic acids is 2. The normalized spacial score (nSPS) is 15.2. The molecular formula is C21H19FN4O2. The lowest BCUT2D eigenvalue weighted by molar-refractivity contribution is -0.116. The number of halogens is 1. The molecular weight excluding hydrogens is 359 g/mol. The second-order valence-corrected chi connectivity index (χ2v) is 6.60. The minimum atomic E-state index is -0.391. The van der Waals surface area contributed by atoms with Crippen LogP contribution in [-0.2, 0) is 11.2 Å². The molecule has 0 atom stereocenters. The summed E-state index contributed by atoms with van der Waals surface area (Å²) >= 11 is 0. The van der Waals surface area contributed by atoms with Crippen LogP contribution in [0.15, 0.2) is 48.7 Å². The highest BCUT2D eigenvalue weighted by Gasteiger charge is 2.24. The summed E-state index contributed by atoms with van der Waals surface area (Å²) < 4.78 is 13.8. The van der Waals surface area contributed by atoms with Crippen molar-refractivity contribution in [2.75, 3.05) is 13.1 Å². The molecule has 142 valence electrons. The summed E-state index contributed by atoms with van der Waals surface area (Å²) in [6.07, 6.45) is 4.32. The molecule has 7 heteroatoms. The zero-order chi connectivity index (χ0) is 19.5. The van der Waals surface area contributed by atoms with E-state index in [4.69, 9.17) is 0 Å². The van der Waals surface area contributed by atoms with Crippen molar-refractivity contribution in [1.29, 1.82) is 0 Å². The molecule has 0 unspecified atom stereocenters. The third kappa shape index (κ3) is 3.64. The molecule has 1 aromatic carbocycles. The second-order valence-electron chi connectivity index (χ2n) is 6.60. The fourth-order valence-electron chi connectivity index (χ4n) is 3.41. The molecule has 3 N–H and O–H groups in total. The third-order valence-corrected chi connectivity index (χ3v) is 4.70. The van der Waals surface area contributed by atoms with Crippen LogP contribution in [0.1, 0.15) is 28.2 Å². The molecule has 1 aliphatic heterocycles. The van der Waals surface area contributed by atoms with Crippen LogP contribution >= 0.6 is 0 Å². The Kier molecular flexibility index (Phi) is 4.89. The van der Waals surface area contributed by atoms with Crippen molar-refractivity contribution < 1.29 is 14.0 Å². The van der Waals surface area contributed by atoms with Gasteiger partial charge < -0.3 is 15.6 Å². The number of hydrogen-bond donors (Lipinski definition) is 3. The number of rotatable bonds is 4. The molecule has 3 heterocycles. The van der Waals surface area contributed by atoms with E-state index in [0.29, 0.717) is 53.7 Å². The Morgan fingerprint density at radius 3 is 3.00 bits per heavy atom. The first-order valence-corrected chi connectivity index (χ1v) is 9.10. The highest BCUT2D eigenvalue weighted by molar-refractivity contribution is 6.10. The van der Waals surface area contributed by atoms with Crippen LogP contribution in [0.2, 0.25) is 0 Å². The summed E-state index contributed by atoms with van der Waals surface area (Å²) in [5.41, 5.74) is 3.19. The van der Waals surface area contributed by atoms with Gasteiger partial charge in [0, 0.05) is 53.9 Å². The molecule has 0 saturated heterocycles. The van der Waals surface area contributed by atoms with Crippen molar-refractivity contribution in [3.05, 3.63) is 71.4 Å². The topological polar surface area (TPSA) is 86.9 Å². The monoisotopic (exact) mass is 378 g/mol. The number of fused-ring (bicyclic) bond motifs is 3. The van der Waals surface area contributed by atoms with E-state index < -0.39 is 5.82 Å². The molecule has 0 fully saturated rings. The number of aromatic nitrogens is 2. The van der Waals surface area contributed by atoms with Crippen LogP contribution < -0.4 is 10.6 Å². The largest absolute Gasteiger partial charge is 0.352 e. The van der Waals surface area contributed by atoms with Gasteiger partial charge in [-0.15, -0.1) is 0 Å². The molecule has 3 aromatic rings. The molecule has 1 aliphatic rings. The maximum absolute atomic E-state index is 13.8. The summed E-state index contributed by atoms with van der Waals surface area (Å²) in [6.45, 7) is 0.859. The first-order valence-electron chi connectivity index (χ1n) is 9.10. The lowest BCUT2D eigenvalue weighted by atomic mass is 9.99. The Labute approximate surface area is 160 Å². The van der Waals surface area contributed by atoms with Crippen LogP contribution in [0.3, 0.4) is 0 Å². The van der Waals surface area contributed by atoms with Crippen molar-refractivity contribution in [3.8, 4) is 0 Å². The van der Waals surface area contributed by atoms with E-state index in [1.807, 2.05) is 18.2 Å². The first-order chi connectivity index (χ1) is 13.6. The van der Waals surface area contributed by atoms with Gasteiger partial charge in [-0.2, -0.15) is 0 Å². The van der Waals surface area contributed by atoms with Gasteiger partial charge in [0.2, 0.25) is 5.91 Å². The fourth-order valence-corrected chi connectivity index (χ4v) is 3.41. The minimum absolute atomic E-state index is 0.253. The van der Waals surface area contributed by atoms with Crippen molar-refractivity contribution in [1.82, 2.24) is 20.6 Å². The molecule has 0 aliphatic carbocycles. The standard InChI is InChI=1S/C21H19FN4O2/c22-14-4-5-17-16(12-14)19-13(6-9-25-21(28)20(19)26-17)11-18(27)24-10-7-15-3-1-2-8-23-15/h1-5,8,11-12,26H,6-7,9-10H2,(H,24,27)(H,25,28)/b13-11+. The second kappa shape index (κ2) is 7.64. The van der Waals surface area contributed by atoms with Crippen LogP contribution in [0.4, 0.5) is 4.39 Å². The predicted molar refractivity (Wildman–Crippen MR) is 104 cm³/mol. The molecule has 28 heavy (non-hydrogen) atoms. The summed E-state index contributed by atoms with van der Waals surface area (Å²) in [7, 11) is 0. The molecule has 2 aromatic heterocycles. The fraction of sp³-hybridized carbons (Fsp3) is 0.190. The van der Waals surface area contributed by atoms with Crippen molar-refractivity contribution in [2.45, 2.75) is 12.8 Å². The molecule has 4 rings (SSSR count). The molecule has 0 bridgehead atoms. The Bertz CT molecular complexity index is 1070. The average molecular weight is 378 g/mol. The lowest BCUT2D eigenvalue weighted by Gasteiger charge is -2.06. The minimum Gasteiger partial charge on any atom is -0.352 e. The van der Waals surface area contributed by atoms with Crippen molar-refractivity contribution in [3.63, 3.8) is 0 Å². The molecule has 2 amide bonds. The predicted octanol–water partition coefficient (Wildman–Crippen LogP) is 2.58. The quantitative estimate of drug-likeness (QED) is 0.610. The molecule has 0 spiro atoms. The zero-order valence-corrected chi connectivity index (χ0v) is 15.1. The average Bonchev–Trinajstić information content (AvgIpc) is 2.99. The van der Waals surface area contributed by atoms with Gasteiger partial charge in [0.05, 0.1) is 0 Å². The first kappa shape index (κ1) is 17.9. The van der Waals surface area contributed by atoms with Crippen molar-refractivity contribution in [2.24, 2.45) is 0 Å². The maximum Gasteiger partial charge on any atom is 0.268 e. The Hall–Kier alpha value is -3.48. The Balaban J connectivity index is 1.59. The number of aromatic amines is 1. The van der Waals surface area contributed by atoms with E-state index in [1.54, 1.807) is 12.3 Å². The van der Waals surface area contributed by atoms with E-state index in [1.165, 1.54) is 18.2 Å². The van der Waals surface area contributed by atoms with E-state index in [2.05, 4.69) is 20.6 Å². The van der Waals surface area contributed by atoms with Gasteiger partial charge in [-0.05, 0) is 42.3 Å². The highest BCUT2D eigenvalue weighted by Crippen LogP contribution is 2.32. The molecule has 6 nitrogen and oxygen atoms in total. The Morgan fingerprint density at radius 1 is 1.29 bits per heavy atom. The van der Waals surface area contributed by atoms with Crippen molar-refractivity contribution >= 4 is 28.3 Å². The van der Waals surface area contributed by atoms with E-state index >= 15 is 0 Å². The Morgan fingerprint density at radius 2 is 2.18 bits per heavy atom. The molecule has 0 saturated carbocycles. The number of amides is 2. The maximum atomic E-state index is 13.8. The van der Waals surface area contributed by atoms with Crippen LogP contribution in [-0.4, -0.2) is 34.9 Å². The summed E-state index contributed by atoms with van der Waals surface area (Å²) in [6, 6.07) is 9.96. The summed E-state index contributed by atoms with van der Waals surface area (Å²) in [5.74, 6) is -0.902. The number of hydrogen-bond acceptors (Lipinski definition) is 3. The number of carbonyl (C=O) groups is 2. The van der Waals surface area contributed by atoms with Crippen LogP contribution in [0.25, 0.3) is 16.5 Å². The number of nitrogens with zero attached hydrogens (tertiary/aromatic N) is 1. The SMILES string of the molecule is O=C(/C=C1\CCNC(=O)c2[nH]c3ccc(F)cc3c21)NCCc1ccccn1. The van der Waals surface area contributed by atoms with E-state index in [-0.39, 0.29) is 11.8 Å². The summed E-state index contributed by atoms with van der Waals surface area (Å²) in [4.78, 5) is 32.0. The third-order valence-electron chi connectivity index (χ3n) is 4.70. The van der Waals surface area contributed by atoms with Gasteiger partial charge in [0.25, 0.3) is 5.91 Å². The highest BCUT2D eigenvalue weighted by atomic mass is 19.1. The number of H-pyrrole nitrogens is 1. The molecule has 0 radical (unpaired) electrons. The van der Waals surface area contributed by atoms with Gasteiger partial charge in [-0.1, -0.05) is 6.07 Å². The van der Waals surface area contributed by atoms with Gasteiger partial charge in [0.1, 0.15) is 11.5 Å². The zero-order valence-electron chi connectivity index (χ0n) is 15.1. The number of benzene rings is 1. The van der Waals surface area contributed by atoms with E-state index in [9.17, 15) is 14.0 Å². The van der Waals surface area contributed by atoms with Gasteiger partial charge in [0.15, 0.2) is 0 Å². The van der Waals surface area contributed by atoms with Crippen LogP contribution in [0, 0.1) is 5.82 Å². The van der Waals surface area contributed by atoms with E-state index in [0.717, 1.165) is 5.69 Å².